The summed E-state index contributed by atoms with van der Waals surface area (Å²) in [4.78, 5) is 17.9. The summed E-state index contributed by atoms with van der Waals surface area (Å²) in [5.41, 5.74) is 0.646. The molecule has 1 amide bonds. The lowest BCUT2D eigenvalue weighted by Gasteiger charge is -2.18. The molecule has 0 aliphatic carbocycles. The molecule has 6 heteroatoms. The van der Waals surface area contributed by atoms with E-state index in [4.69, 9.17) is 0 Å². The van der Waals surface area contributed by atoms with Gasteiger partial charge in [0.05, 0.1) is 10.2 Å². The molecule has 0 spiro atoms. The Kier molecular flexibility index (Phi) is 4.89. The van der Waals surface area contributed by atoms with Crippen molar-refractivity contribution >= 4 is 32.6 Å². The Hall–Kier alpha value is -1.69. The fraction of sp³-hybridized carbons (Fsp3) is 0.429. The normalized spacial score (nSPS) is 10.8. The van der Waals surface area contributed by atoms with Crippen LogP contribution >= 0.6 is 11.3 Å². The van der Waals surface area contributed by atoms with Crippen molar-refractivity contribution in [2.75, 3.05) is 25.0 Å². The van der Waals surface area contributed by atoms with Gasteiger partial charge in [0.2, 0.25) is 5.91 Å². The number of fused-ring (bicyclic) bond motifs is 1. The number of thiazole rings is 1. The molecule has 1 N–H and O–H groups in total. The number of hydrogen-bond donors (Lipinski definition) is 1. The number of hydrogen-bond acceptors (Lipinski definition) is 4. The number of nitrogens with one attached hydrogen (secondary N) is 1. The molecule has 4 nitrogen and oxygen atoms in total. The minimum atomic E-state index is -0.286. The summed E-state index contributed by atoms with van der Waals surface area (Å²) in [5, 5.41) is 3.85. The van der Waals surface area contributed by atoms with Gasteiger partial charge in [-0.2, -0.15) is 0 Å². The van der Waals surface area contributed by atoms with Gasteiger partial charge in [0.15, 0.2) is 5.13 Å². The van der Waals surface area contributed by atoms with Gasteiger partial charge in [-0.25, -0.2) is 9.37 Å². The third-order valence-electron chi connectivity index (χ3n) is 3.08. The Balaban J connectivity index is 1.91. The molecular formula is C14H18FN3OS. The molecule has 0 saturated carbocycles. The Morgan fingerprint density at radius 1 is 1.40 bits per heavy atom. The predicted octanol–water partition coefficient (Wildman–Crippen LogP) is 3.11. The highest BCUT2D eigenvalue weighted by molar-refractivity contribution is 7.22. The summed E-state index contributed by atoms with van der Waals surface area (Å²) >= 11 is 1.46. The van der Waals surface area contributed by atoms with Crippen LogP contribution in [0.25, 0.3) is 10.2 Å². The van der Waals surface area contributed by atoms with Crippen LogP contribution in [-0.4, -0.2) is 35.4 Å². The highest BCUT2D eigenvalue weighted by Gasteiger charge is 2.09. The van der Waals surface area contributed by atoms with E-state index in [-0.39, 0.29) is 11.7 Å². The lowest BCUT2D eigenvalue weighted by atomic mass is 10.3. The second-order valence-corrected chi connectivity index (χ2v) is 5.40. The lowest BCUT2D eigenvalue weighted by molar-refractivity contribution is -0.130. The van der Waals surface area contributed by atoms with Crippen LogP contribution in [0.5, 0.6) is 0 Å². The molecule has 0 aliphatic heterocycles. The van der Waals surface area contributed by atoms with Crippen LogP contribution in [0.3, 0.4) is 0 Å². The van der Waals surface area contributed by atoms with Crippen molar-refractivity contribution in [3.63, 3.8) is 0 Å². The number of carbonyl (C=O) groups is 1. The molecule has 2 rings (SSSR count). The topological polar surface area (TPSA) is 45.2 Å². The zero-order valence-corrected chi connectivity index (χ0v) is 12.5. The molecule has 0 radical (unpaired) electrons. The predicted molar refractivity (Wildman–Crippen MR) is 80.6 cm³/mol. The van der Waals surface area contributed by atoms with E-state index in [1.807, 2.05) is 13.8 Å². The summed E-state index contributed by atoms with van der Waals surface area (Å²) in [5.74, 6) is -0.152. The van der Waals surface area contributed by atoms with Crippen molar-refractivity contribution in [3.05, 3.63) is 24.0 Å². The monoisotopic (exact) mass is 295 g/mol. The van der Waals surface area contributed by atoms with E-state index in [0.717, 1.165) is 22.9 Å². The number of rotatable bonds is 6. The maximum absolute atomic E-state index is 13.1. The van der Waals surface area contributed by atoms with Crippen LogP contribution in [0.4, 0.5) is 9.52 Å². The van der Waals surface area contributed by atoms with Crippen molar-refractivity contribution in [2.24, 2.45) is 0 Å². The van der Waals surface area contributed by atoms with Gasteiger partial charge in [0.25, 0.3) is 0 Å². The number of benzene rings is 1. The number of aromatic nitrogens is 1. The molecule has 1 heterocycles. The molecule has 0 aliphatic rings. The average molecular weight is 295 g/mol. The van der Waals surface area contributed by atoms with Gasteiger partial charge >= 0.3 is 0 Å². The second-order valence-electron chi connectivity index (χ2n) is 4.37. The Morgan fingerprint density at radius 2 is 2.15 bits per heavy atom. The lowest BCUT2D eigenvalue weighted by Crippen LogP contribution is -2.31. The van der Waals surface area contributed by atoms with Gasteiger partial charge in [-0.1, -0.05) is 11.3 Å². The molecule has 1 aromatic heterocycles. The van der Waals surface area contributed by atoms with Crippen molar-refractivity contribution < 1.29 is 9.18 Å². The average Bonchev–Trinajstić information content (AvgIpc) is 2.82. The smallest absolute Gasteiger partial charge is 0.224 e. The van der Waals surface area contributed by atoms with E-state index in [1.165, 1.54) is 23.5 Å². The van der Waals surface area contributed by atoms with Crippen molar-refractivity contribution in [3.8, 4) is 0 Å². The number of amides is 1. The number of carbonyl (C=O) groups excluding carboxylic acids is 1. The maximum Gasteiger partial charge on any atom is 0.224 e. The molecule has 0 unspecified atom stereocenters. The van der Waals surface area contributed by atoms with Gasteiger partial charge < -0.3 is 10.2 Å². The summed E-state index contributed by atoms with van der Waals surface area (Å²) in [6.45, 7) is 5.94. The van der Waals surface area contributed by atoms with E-state index >= 15 is 0 Å². The third-order valence-corrected chi connectivity index (χ3v) is 4.07. The van der Waals surface area contributed by atoms with Gasteiger partial charge in [0, 0.05) is 32.1 Å². The zero-order chi connectivity index (χ0) is 14.5. The molecular weight excluding hydrogens is 277 g/mol. The van der Waals surface area contributed by atoms with Crippen molar-refractivity contribution in [1.29, 1.82) is 0 Å². The fourth-order valence-corrected chi connectivity index (χ4v) is 2.86. The number of anilines is 1. The zero-order valence-electron chi connectivity index (χ0n) is 11.6. The van der Waals surface area contributed by atoms with Crippen LogP contribution in [0.15, 0.2) is 18.2 Å². The Morgan fingerprint density at radius 3 is 2.85 bits per heavy atom. The highest BCUT2D eigenvalue weighted by atomic mass is 32.1. The first-order chi connectivity index (χ1) is 9.63. The highest BCUT2D eigenvalue weighted by Crippen LogP contribution is 2.26. The van der Waals surface area contributed by atoms with Gasteiger partial charge in [-0.3, -0.25) is 4.79 Å². The largest absolute Gasteiger partial charge is 0.361 e. The quantitative estimate of drug-likeness (QED) is 0.890. The number of nitrogens with zero attached hydrogens (tertiary/aromatic N) is 2. The molecule has 1 aromatic carbocycles. The molecule has 0 saturated heterocycles. The fourth-order valence-electron chi connectivity index (χ4n) is 1.99. The molecule has 0 fully saturated rings. The number of halogens is 1. The summed E-state index contributed by atoms with van der Waals surface area (Å²) in [7, 11) is 0. The minimum absolute atomic E-state index is 0.134. The second kappa shape index (κ2) is 6.65. The molecule has 2 aromatic rings. The minimum Gasteiger partial charge on any atom is -0.361 e. The van der Waals surface area contributed by atoms with Gasteiger partial charge in [-0.15, -0.1) is 0 Å². The summed E-state index contributed by atoms with van der Waals surface area (Å²) in [6.07, 6.45) is 0.436. The SMILES string of the molecule is CCN(CC)C(=O)CCNc1nc2cc(F)ccc2s1. The Labute approximate surface area is 121 Å². The standard InChI is InChI=1S/C14H18FN3OS/c1-3-18(4-2)13(19)7-8-16-14-17-11-9-10(15)5-6-12(11)20-14/h5-6,9H,3-4,7-8H2,1-2H3,(H,16,17). The first-order valence-electron chi connectivity index (χ1n) is 6.71. The molecule has 0 bridgehead atoms. The first-order valence-corrected chi connectivity index (χ1v) is 7.53. The van der Waals surface area contributed by atoms with Crippen LogP contribution in [-0.2, 0) is 4.79 Å². The summed E-state index contributed by atoms with van der Waals surface area (Å²) in [6, 6.07) is 4.56. The van der Waals surface area contributed by atoms with Crippen LogP contribution in [0.1, 0.15) is 20.3 Å². The molecule has 108 valence electrons. The van der Waals surface area contributed by atoms with Crippen LogP contribution in [0.2, 0.25) is 0 Å². The van der Waals surface area contributed by atoms with E-state index < -0.39 is 0 Å². The Bertz CT molecular complexity index is 595. The van der Waals surface area contributed by atoms with Gasteiger partial charge in [-0.05, 0) is 26.0 Å². The van der Waals surface area contributed by atoms with Crippen molar-refractivity contribution in [2.45, 2.75) is 20.3 Å². The van der Waals surface area contributed by atoms with E-state index in [2.05, 4.69) is 10.3 Å². The molecule has 20 heavy (non-hydrogen) atoms. The van der Waals surface area contributed by atoms with Crippen LogP contribution < -0.4 is 5.32 Å². The van der Waals surface area contributed by atoms with Crippen LogP contribution in [0, 0.1) is 5.82 Å². The van der Waals surface area contributed by atoms with Gasteiger partial charge in [0.1, 0.15) is 5.82 Å². The third kappa shape index (κ3) is 3.45. The van der Waals surface area contributed by atoms with E-state index in [0.29, 0.717) is 18.5 Å². The summed E-state index contributed by atoms with van der Waals surface area (Å²) < 4.78 is 14.0. The van der Waals surface area contributed by atoms with E-state index in [9.17, 15) is 9.18 Å². The maximum atomic E-state index is 13.1. The van der Waals surface area contributed by atoms with Crippen molar-refractivity contribution in [1.82, 2.24) is 9.88 Å². The van der Waals surface area contributed by atoms with E-state index in [1.54, 1.807) is 11.0 Å². The molecule has 0 atom stereocenters. The first kappa shape index (κ1) is 14.7.